The molecule has 0 spiro atoms. The second kappa shape index (κ2) is 9.76. The van der Waals surface area contributed by atoms with Gasteiger partial charge < -0.3 is 19.3 Å². The molecule has 34 heavy (non-hydrogen) atoms. The number of anilines is 1. The van der Waals surface area contributed by atoms with Crippen molar-refractivity contribution in [1.29, 1.82) is 0 Å². The van der Waals surface area contributed by atoms with E-state index in [-0.39, 0.29) is 0 Å². The molecule has 2 bridgehead atoms. The summed E-state index contributed by atoms with van der Waals surface area (Å²) in [4.78, 5) is 20.0. The molecular weight excluding hydrogens is 446 g/mol. The smallest absolute Gasteiger partial charge is 0.221 e. The Hall–Kier alpha value is -2.29. The summed E-state index contributed by atoms with van der Waals surface area (Å²) in [6.45, 7) is 5.34. The van der Waals surface area contributed by atoms with Gasteiger partial charge >= 0.3 is 0 Å². The third-order valence-corrected chi connectivity index (χ3v) is 8.67. The average molecular weight is 480 g/mol. The molecule has 0 saturated carbocycles. The van der Waals surface area contributed by atoms with E-state index in [2.05, 4.69) is 31.2 Å². The Kier molecular flexibility index (Phi) is 6.37. The molecule has 7 nitrogen and oxygen atoms in total. The van der Waals surface area contributed by atoms with Gasteiger partial charge in [0.25, 0.3) is 0 Å². The summed E-state index contributed by atoms with van der Waals surface area (Å²) in [7, 11) is 1.68. The van der Waals surface area contributed by atoms with Crippen LogP contribution in [-0.4, -0.2) is 71.9 Å². The third-order valence-electron chi connectivity index (χ3n) is 7.78. The number of thiophene rings is 1. The fourth-order valence-electron chi connectivity index (χ4n) is 6.23. The van der Waals surface area contributed by atoms with Crippen LogP contribution in [-0.2, 0) is 4.74 Å². The molecule has 0 amide bonds. The zero-order valence-electron chi connectivity index (χ0n) is 19.9. The number of likely N-dealkylation sites (tertiary alicyclic amines) is 1. The Bertz CT molecular complexity index is 1120. The summed E-state index contributed by atoms with van der Waals surface area (Å²) in [5.41, 5.74) is 2.12. The lowest BCUT2D eigenvalue weighted by atomic mass is 9.91. The van der Waals surface area contributed by atoms with E-state index in [1.165, 1.54) is 51.6 Å². The lowest BCUT2D eigenvalue weighted by Crippen LogP contribution is -2.44. The van der Waals surface area contributed by atoms with E-state index in [1.54, 1.807) is 31.0 Å². The molecule has 0 radical (unpaired) electrons. The minimum Gasteiger partial charge on any atom is -0.481 e. The van der Waals surface area contributed by atoms with E-state index in [0.29, 0.717) is 23.9 Å². The molecule has 3 saturated heterocycles. The van der Waals surface area contributed by atoms with Gasteiger partial charge in [0.1, 0.15) is 17.0 Å². The molecule has 2 atom stereocenters. The summed E-state index contributed by atoms with van der Waals surface area (Å²) in [6, 6.07) is 5.08. The Morgan fingerprint density at radius 3 is 2.68 bits per heavy atom. The summed E-state index contributed by atoms with van der Waals surface area (Å²) in [6.07, 6.45) is 11.0. The molecule has 0 N–H and O–H groups in total. The number of pyridine rings is 1. The third kappa shape index (κ3) is 4.16. The van der Waals surface area contributed by atoms with Crippen LogP contribution in [0.25, 0.3) is 21.3 Å². The Balaban J connectivity index is 1.20. The Morgan fingerprint density at radius 2 is 1.88 bits per heavy atom. The van der Waals surface area contributed by atoms with E-state index < -0.39 is 0 Å². The van der Waals surface area contributed by atoms with Crippen molar-refractivity contribution in [2.24, 2.45) is 5.92 Å². The lowest BCUT2D eigenvalue weighted by Gasteiger charge is -2.40. The quantitative estimate of drug-likeness (QED) is 0.437. The maximum Gasteiger partial charge on any atom is 0.221 e. The monoisotopic (exact) mass is 479 g/mol. The van der Waals surface area contributed by atoms with Crippen LogP contribution in [0.1, 0.15) is 38.5 Å². The maximum absolute atomic E-state index is 6.16. The zero-order valence-corrected chi connectivity index (χ0v) is 20.7. The number of rotatable bonds is 8. The van der Waals surface area contributed by atoms with Crippen LogP contribution in [0.15, 0.2) is 30.0 Å². The van der Waals surface area contributed by atoms with Gasteiger partial charge in [0.2, 0.25) is 5.88 Å². The largest absolute Gasteiger partial charge is 0.481 e. The topological polar surface area (TPSA) is 63.6 Å². The van der Waals surface area contributed by atoms with E-state index in [1.807, 2.05) is 6.07 Å². The van der Waals surface area contributed by atoms with E-state index >= 15 is 0 Å². The molecule has 3 aromatic rings. The highest BCUT2D eigenvalue weighted by Crippen LogP contribution is 2.46. The van der Waals surface area contributed by atoms with Crippen LogP contribution < -0.4 is 9.64 Å². The van der Waals surface area contributed by atoms with Crippen molar-refractivity contribution in [3.05, 3.63) is 30.0 Å². The molecule has 3 fully saturated rings. The first-order chi connectivity index (χ1) is 16.8. The number of methoxy groups -OCH3 is 1. The number of hydrogen-bond acceptors (Lipinski definition) is 8. The highest BCUT2D eigenvalue weighted by atomic mass is 32.1. The van der Waals surface area contributed by atoms with Gasteiger partial charge in [-0.25, -0.2) is 15.0 Å². The number of fused-ring (bicyclic) bond motifs is 3. The van der Waals surface area contributed by atoms with Gasteiger partial charge in [0.05, 0.1) is 19.1 Å². The van der Waals surface area contributed by atoms with Crippen molar-refractivity contribution < 1.29 is 9.47 Å². The molecule has 0 aromatic carbocycles. The van der Waals surface area contributed by atoms with Gasteiger partial charge in [-0.15, -0.1) is 11.3 Å². The molecule has 0 aliphatic carbocycles. The van der Waals surface area contributed by atoms with Gasteiger partial charge in [-0.3, -0.25) is 0 Å². The van der Waals surface area contributed by atoms with Crippen LogP contribution in [0.5, 0.6) is 5.88 Å². The summed E-state index contributed by atoms with van der Waals surface area (Å²) in [5.74, 6) is 2.36. The minimum atomic E-state index is 0.521. The molecule has 3 aliphatic heterocycles. The molecule has 3 aromatic heterocycles. The van der Waals surface area contributed by atoms with Crippen molar-refractivity contribution in [2.45, 2.75) is 50.6 Å². The van der Waals surface area contributed by atoms with Crippen LogP contribution in [0.3, 0.4) is 0 Å². The van der Waals surface area contributed by atoms with Crippen molar-refractivity contribution in [1.82, 2.24) is 19.9 Å². The number of hydrogen-bond donors (Lipinski definition) is 0. The van der Waals surface area contributed by atoms with Crippen LogP contribution in [0.4, 0.5) is 5.82 Å². The highest BCUT2D eigenvalue weighted by Gasteiger charge is 2.42. The molecule has 8 heteroatoms. The van der Waals surface area contributed by atoms with Gasteiger partial charge in [0.15, 0.2) is 0 Å². The predicted octanol–water partition coefficient (Wildman–Crippen LogP) is 4.62. The molecule has 3 aliphatic rings. The average Bonchev–Trinajstić information content (AvgIpc) is 3.60. The van der Waals surface area contributed by atoms with Crippen molar-refractivity contribution in [3.8, 4) is 17.0 Å². The standard InChI is InChI=1S/C26H33N5O2S/c1-32-25-21(5-4-8-27-25)22-16-34-26-23(22)24(28-17-29-26)31-19-6-7-20(31)14-18(13-19)15-33-12-11-30-9-2-3-10-30/h4-5,8,16-20H,2-3,6-7,9-15H2,1H3. The van der Waals surface area contributed by atoms with Gasteiger partial charge in [-0.2, -0.15) is 0 Å². The number of aromatic nitrogens is 3. The van der Waals surface area contributed by atoms with E-state index in [9.17, 15) is 0 Å². The molecule has 2 unspecified atom stereocenters. The molecule has 180 valence electrons. The molecule has 6 heterocycles. The second-order valence-corrected chi connectivity index (χ2v) is 10.7. The first-order valence-electron chi connectivity index (χ1n) is 12.6. The Morgan fingerprint density at radius 1 is 1.06 bits per heavy atom. The summed E-state index contributed by atoms with van der Waals surface area (Å²) in [5, 5.41) is 3.31. The number of piperidine rings is 1. The van der Waals surface area contributed by atoms with Crippen LogP contribution in [0, 0.1) is 5.92 Å². The normalized spacial score (nSPS) is 24.9. The maximum atomic E-state index is 6.16. The first-order valence-corrected chi connectivity index (χ1v) is 13.5. The van der Waals surface area contributed by atoms with Gasteiger partial charge in [-0.1, -0.05) is 0 Å². The fourth-order valence-corrected chi connectivity index (χ4v) is 7.13. The van der Waals surface area contributed by atoms with E-state index in [0.717, 1.165) is 46.9 Å². The molecular formula is C26H33N5O2S. The summed E-state index contributed by atoms with van der Waals surface area (Å²) < 4.78 is 11.7. The van der Waals surface area contributed by atoms with Crippen molar-refractivity contribution >= 4 is 27.4 Å². The molecule has 6 rings (SSSR count). The fraction of sp³-hybridized carbons (Fsp3) is 0.577. The number of nitrogens with zero attached hydrogens (tertiary/aromatic N) is 5. The van der Waals surface area contributed by atoms with Crippen LogP contribution in [0.2, 0.25) is 0 Å². The van der Waals surface area contributed by atoms with Gasteiger partial charge in [-0.05, 0) is 69.7 Å². The number of ether oxygens (including phenoxy) is 2. The summed E-state index contributed by atoms with van der Waals surface area (Å²) >= 11 is 1.67. The van der Waals surface area contributed by atoms with Gasteiger partial charge in [0, 0.05) is 47.9 Å². The second-order valence-electron chi connectivity index (χ2n) is 9.84. The lowest BCUT2D eigenvalue weighted by molar-refractivity contribution is 0.0700. The van der Waals surface area contributed by atoms with E-state index in [4.69, 9.17) is 14.5 Å². The SMILES string of the molecule is COc1ncccc1-c1csc2ncnc(N3C4CCC3CC(COCCN3CCCC3)C4)c12. The predicted molar refractivity (Wildman–Crippen MR) is 136 cm³/mol. The first kappa shape index (κ1) is 22.2. The Labute approximate surface area is 205 Å². The van der Waals surface area contributed by atoms with Crippen LogP contribution >= 0.6 is 11.3 Å². The highest BCUT2D eigenvalue weighted by molar-refractivity contribution is 7.17. The minimum absolute atomic E-state index is 0.521. The van der Waals surface area contributed by atoms with Crippen molar-refractivity contribution in [2.75, 3.05) is 44.9 Å². The van der Waals surface area contributed by atoms with Crippen molar-refractivity contribution in [3.63, 3.8) is 0 Å². The zero-order chi connectivity index (χ0) is 22.9.